The first-order valence-electron chi connectivity index (χ1n) is 11.6. The fourth-order valence-corrected chi connectivity index (χ4v) is 4.77. The van der Waals surface area contributed by atoms with Crippen molar-refractivity contribution in [3.05, 3.63) is 34.9 Å². The number of ether oxygens (including phenoxy) is 6. The fraction of sp³-hybridized carbons (Fsp3) is 0.444. The van der Waals surface area contributed by atoms with E-state index < -0.39 is 23.6 Å². The Balaban J connectivity index is 2.14. The number of allylic oxidation sites excluding steroid dienone is 1. The molecule has 0 radical (unpaired) electrons. The lowest BCUT2D eigenvalue weighted by Gasteiger charge is -2.41. The van der Waals surface area contributed by atoms with Crippen molar-refractivity contribution in [1.82, 2.24) is 0 Å². The van der Waals surface area contributed by atoms with Crippen molar-refractivity contribution in [3.8, 4) is 45.6 Å². The van der Waals surface area contributed by atoms with E-state index in [2.05, 4.69) is 0 Å². The van der Waals surface area contributed by atoms with E-state index in [-0.39, 0.29) is 24.0 Å². The van der Waals surface area contributed by atoms with Crippen LogP contribution in [0, 0.1) is 5.92 Å². The number of methoxy groups -OCH3 is 3. The molecular formula is C27H32O9. The predicted octanol–water partition coefficient (Wildman–Crippen LogP) is 4.31. The molecule has 0 aromatic heterocycles. The van der Waals surface area contributed by atoms with Gasteiger partial charge in [0, 0.05) is 22.3 Å². The monoisotopic (exact) mass is 500 g/mol. The molecule has 4 rings (SSSR count). The summed E-state index contributed by atoms with van der Waals surface area (Å²) in [6.07, 6.45) is 0.834. The molecule has 3 atom stereocenters. The highest BCUT2D eigenvalue weighted by atomic mass is 16.7. The van der Waals surface area contributed by atoms with Gasteiger partial charge in [-0.15, -0.1) is 0 Å². The standard InChI is InChI=1S/C27H32O9/c1-8-13(2)26(29)36-25-16-11-18-23(35-12-34-18)24(33-7)20(16)19-15(9-14(3)27(25,4)30)10-17(31-5)22(32-6)21(19)28/h8,10-11,14,25,28,30H,9,12H2,1-7H3. The molecule has 3 unspecified atom stereocenters. The number of hydrogen-bond donors (Lipinski definition) is 2. The first-order chi connectivity index (χ1) is 17.1. The Hall–Kier alpha value is -3.59. The molecule has 2 N–H and O–H groups in total. The van der Waals surface area contributed by atoms with Crippen LogP contribution >= 0.6 is 0 Å². The Morgan fingerprint density at radius 2 is 1.81 bits per heavy atom. The van der Waals surface area contributed by atoms with Gasteiger partial charge in [0.15, 0.2) is 29.1 Å². The number of esters is 1. The van der Waals surface area contributed by atoms with Crippen molar-refractivity contribution in [2.45, 2.75) is 45.8 Å². The van der Waals surface area contributed by atoms with Crippen LogP contribution in [0.4, 0.5) is 0 Å². The second-order valence-corrected chi connectivity index (χ2v) is 9.19. The van der Waals surface area contributed by atoms with Crippen LogP contribution in [-0.4, -0.2) is 49.9 Å². The smallest absolute Gasteiger partial charge is 0.334 e. The molecule has 0 bridgehead atoms. The molecule has 0 amide bonds. The zero-order chi connectivity index (χ0) is 26.4. The Labute approximate surface area is 210 Å². The van der Waals surface area contributed by atoms with Crippen LogP contribution in [0.3, 0.4) is 0 Å². The molecule has 9 heteroatoms. The van der Waals surface area contributed by atoms with Gasteiger partial charge >= 0.3 is 5.97 Å². The van der Waals surface area contributed by atoms with E-state index in [1.165, 1.54) is 21.3 Å². The zero-order valence-electron chi connectivity index (χ0n) is 21.6. The van der Waals surface area contributed by atoms with Crippen molar-refractivity contribution >= 4 is 5.97 Å². The van der Waals surface area contributed by atoms with Gasteiger partial charge < -0.3 is 38.6 Å². The number of benzene rings is 2. The third kappa shape index (κ3) is 3.87. The van der Waals surface area contributed by atoms with Gasteiger partial charge in [0.1, 0.15) is 5.60 Å². The lowest BCUT2D eigenvalue weighted by molar-refractivity contribution is -0.166. The minimum atomic E-state index is -1.52. The summed E-state index contributed by atoms with van der Waals surface area (Å²) < 4.78 is 34.1. The molecule has 194 valence electrons. The van der Waals surface area contributed by atoms with Crippen LogP contribution in [0.25, 0.3) is 11.1 Å². The maximum Gasteiger partial charge on any atom is 0.334 e. The van der Waals surface area contributed by atoms with Gasteiger partial charge in [-0.25, -0.2) is 4.79 Å². The van der Waals surface area contributed by atoms with Crippen molar-refractivity contribution in [2.75, 3.05) is 28.1 Å². The summed E-state index contributed by atoms with van der Waals surface area (Å²) in [6.45, 7) is 6.83. The molecule has 2 aliphatic rings. The van der Waals surface area contributed by atoms with Gasteiger partial charge in [-0.2, -0.15) is 0 Å². The maximum atomic E-state index is 13.0. The Kier molecular flexibility index (Phi) is 6.70. The molecule has 2 aromatic carbocycles. The van der Waals surface area contributed by atoms with Gasteiger partial charge in [0.2, 0.25) is 18.3 Å². The van der Waals surface area contributed by atoms with Crippen molar-refractivity contribution in [3.63, 3.8) is 0 Å². The first-order valence-corrected chi connectivity index (χ1v) is 11.6. The minimum absolute atomic E-state index is 0.0334. The fourth-order valence-electron chi connectivity index (χ4n) is 4.77. The normalized spacial score (nSPS) is 22.6. The topological polar surface area (TPSA) is 113 Å². The van der Waals surface area contributed by atoms with Gasteiger partial charge in [-0.1, -0.05) is 13.0 Å². The van der Waals surface area contributed by atoms with E-state index >= 15 is 0 Å². The lowest BCUT2D eigenvalue weighted by Crippen LogP contribution is -2.43. The molecule has 0 spiro atoms. The molecule has 2 aromatic rings. The molecule has 1 heterocycles. The summed E-state index contributed by atoms with van der Waals surface area (Å²) in [5.41, 5.74) is 0.767. The van der Waals surface area contributed by atoms with E-state index in [0.717, 1.165) is 0 Å². The van der Waals surface area contributed by atoms with Gasteiger partial charge in [-0.3, -0.25) is 0 Å². The zero-order valence-corrected chi connectivity index (χ0v) is 21.6. The molecule has 0 saturated carbocycles. The number of carbonyl (C=O) groups is 1. The van der Waals surface area contributed by atoms with Crippen molar-refractivity contribution < 1.29 is 43.4 Å². The number of carbonyl (C=O) groups excluding carboxylic acids is 1. The largest absolute Gasteiger partial charge is 0.504 e. The average Bonchev–Trinajstić information content (AvgIpc) is 3.33. The van der Waals surface area contributed by atoms with E-state index in [1.807, 2.05) is 6.92 Å². The van der Waals surface area contributed by atoms with E-state index in [9.17, 15) is 15.0 Å². The van der Waals surface area contributed by atoms with Crippen LogP contribution in [0.2, 0.25) is 0 Å². The highest BCUT2D eigenvalue weighted by Gasteiger charge is 2.47. The molecule has 1 aliphatic heterocycles. The Morgan fingerprint density at radius 1 is 1.11 bits per heavy atom. The Morgan fingerprint density at radius 3 is 2.42 bits per heavy atom. The van der Waals surface area contributed by atoms with Crippen LogP contribution in [0.5, 0.6) is 34.5 Å². The molecule has 9 nitrogen and oxygen atoms in total. The summed E-state index contributed by atoms with van der Waals surface area (Å²) in [7, 11) is 4.39. The summed E-state index contributed by atoms with van der Waals surface area (Å²) >= 11 is 0. The molecule has 0 fully saturated rings. The Bertz CT molecular complexity index is 1230. The summed E-state index contributed by atoms with van der Waals surface area (Å²) in [4.78, 5) is 13.0. The second kappa shape index (κ2) is 9.46. The van der Waals surface area contributed by atoms with Crippen LogP contribution in [0.1, 0.15) is 44.9 Å². The number of phenolic OH excluding ortho intramolecular Hbond substituents is 1. The van der Waals surface area contributed by atoms with Crippen LogP contribution < -0.4 is 23.7 Å². The summed E-state index contributed by atoms with van der Waals surface area (Å²) in [6, 6.07) is 3.43. The quantitative estimate of drug-likeness (QED) is 0.458. The number of fused-ring (bicyclic) bond motifs is 4. The molecule has 1 aliphatic carbocycles. The molecule has 36 heavy (non-hydrogen) atoms. The van der Waals surface area contributed by atoms with E-state index in [0.29, 0.717) is 51.5 Å². The van der Waals surface area contributed by atoms with Crippen molar-refractivity contribution in [2.24, 2.45) is 5.92 Å². The summed E-state index contributed by atoms with van der Waals surface area (Å²) in [5.74, 6) is 0.317. The number of aromatic hydroxyl groups is 1. The highest BCUT2D eigenvalue weighted by Crippen LogP contribution is 2.58. The van der Waals surface area contributed by atoms with E-state index in [1.54, 1.807) is 39.0 Å². The molecule has 0 saturated heterocycles. The van der Waals surface area contributed by atoms with Crippen LogP contribution in [-0.2, 0) is 16.0 Å². The van der Waals surface area contributed by atoms with Gasteiger partial charge in [0.25, 0.3) is 0 Å². The molecular weight excluding hydrogens is 468 g/mol. The third-order valence-electron chi connectivity index (χ3n) is 7.15. The second-order valence-electron chi connectivity index (χ2n) is 9.19. The first kappa shape index (κ1) is 25.5. The number of rotatable bonds is 5. The number of phenols is 1. The lowest BCUT2D eigenvalue weighted by atomic mass is 9.73. The van der Waals surface area contributed by atoms with E-state index in [4.69, 9.17) is 28.4 Å². The SMILES string of the molecule is CC=C(C)C(=O)OC1c2cc3c(c(OC)c2-c2c(cc(OC)c(OC)c2O)CC(C)C1(C)O)OCO3. The van der Waals surface area contributed by atoms with Crippen LogP contribution in [0.15, 0.2) is 23.8 Å². The highest BCUT2D eigenvalue weighted by molar-refractivity contribution is 5.90. The number of aliphatic hydroxyl groups is 1. The minimum Gasteiger partial charge on any atom is -0.504 e. The van der Waals surface area contributed by atoms with Gasteiger partial charge in [-0.05, 0) is 50.8 Å². The maximum absolute atomic E-state index is 13.0. The van der Waals surface area contributed by atoms with Crippen molar-refractivity contribution in [1.29, 1.82) is 0 Å². The average molecular weight is 501 g/mol. The summed E-state index contributed by atoms with van der Waals surface area (Å²) in [5, 5.41) is 23.3. The number of hydrogen-bond acceptors (Lipinski definition) is 9. The van der Waals surface area contributed by atoms with Gasteiger partial charge in [0.05, 0.1) is 21.3 Å². The predicted molar refractivity (Wildman–Crippen MR) is 131 cm³/mol. The third-order valence-corrected chi connectivity index (χ3v) is 7.15.